The first-order chi connectivity index (χ1) is 35.5. The Morgan fingerprint density at radius 2 is 0.658 bits per heavy atom. The maximum Gasteiger partial charge on any atom is 0.343 e. The molecule has 0 amide bonds. The van der Waals surface area contributed by atoms with Crippen molar-refractivity contribution < 1.29 is 76.1 Å². The van der Waals surface area contributed by atoms with Crippen molar-refractivity contribution in [3.05, 3.63) is 122 Å². The van der Waals surface area contributed by atoms with Gasteiger partial charge in [0.15, 0.2) is 23.0 Å². The predicted octanol–water partition coefficient (Wildman–Crippen LogP) is 11.1. The van der Waals surface area contributed by atoms with E-state index in [-0.39, 0.29) is 22.6 Å². The molecule has 0 aliphatic rings. The number of carbonyl (C=O) groups is 6. The molecule has 0 spiro atoms. The van der Waals surface area contributed by atoms with Crippen LogP contribution >= 0.6 is 0 Å². The normalized spacial score (nSPS) is 10.5. The van der Waals surface area contributed by atoms with E-state index in [1.54, 1.807) is 55.5 Å². The van der Waals surface area contributed by atoms with E-state index in [0.29, 0.717) is 107 Å². The van der Waals surface area contributed by atoms with Crippen LogP contribution in [0.15, 0.2) is 105 Å². The van der Waals surface area contributed by atoms with Crippen molar-refractivity contribution in [1.29, 1.82) is 0 Å². The highest BCUT2D eigenvalue weighted by Crippen LogP contribution is 2.32. The average molecular weight is 1010 g/mol. The number of rotatable bonds is 40. The van der Waals surface area contributed by atoms with Crippen molar-refractivity contribution in [2.45, 2.75) is 110 Å². The van der Waals surface area contributed by atoms with Crippen LogP contribution in [0.4, 0.5) is 0 Å². The van der Waals surface area contributed by atoms with Crippen molar-refractivity contribution in [3.63, 3.8) is 0 Å². The highest BCUT2D eigenvalue weighted by molar-refractivity contribution is 5.93. The van der Waals surface area contributed by atoms with Crippen molar-refractivity contribution >= 4 is 35.8 Å². The summed E-state index contributed by atoms with van der Waals surface area (Å²) in [5, 5.41) is 0. The largest absolute Gasteiger partial charge is 0.490 e. The third kappa shape index (κ3) is 25.5. The van der Waals surface area contributed by atoms with Crippen LogP contribution in [-0.4, -0.2) is 88.7 Å². The molecule has 0 fully saturated rings. The highest BCUT2D eigenvalue weighted by Gasteiger charge is 2.18. The second-order valence-corrected chi connectivity index (χ2v) is 16.6. The minimum absolute atomic E-state index is 0.231. The molecule has 0 unspecified atom stereocenters. The van der Waals surface area contributed by atoms with Crippen molar-refractivity contribution in [2.24, 2.45) is 0 Å². The fraction of sp³-hybridized carbons (Fsp3) is 0.439. The average Bonchev–Trinajstić information content (AvgIpc) is 3.39. The molecule has 0 aliphatic heterocycles. The van der Waals surface area contributed by atoms with E-state index < -0.39 is 35.8 Å². The SMILES string of the molecule is C=CC(=O)OCCCCCCOc1ccc(C(=O)Oc2ccc(OC(=O)c3ccc(OCCCCCCOC(=O)C=C)c(OCCCCCCOC(=O)C=C)c3)c(C)c2)cc1OCCCCCCOC(=O)C=C. The molecule has 0 N–H and O–H groups in total. The zero-order chi connectivity index (χ0) is 52.9. The number of unbranched alkanes of at least 4 members (excludes halogenated alkanes) is 12. The Kier molecular flexibility index (Phi) is 30.0. The van der Waals surface area contributed by atoms with Crippen LogP contribution in [0.1, 0.15) is 129 Å². The summed E-state index contributed by atoms with van der Waals surface area (Å²) in [5.74, 6) is -0.841. The Bertz CT molecular complexity index is 2250. The molecule has 16 nitrogen and oxygen atoms in total. The van der Waals surface area contributed by atoms with Crippen LogP contribution in [0.25, 0.3) is 0 Å². The number of ether oxygens (including phenoxy) is 10. The van der Waals surface area contributed by atoms with Crippen molar-refractivity contribution in [1.82, 2.24) is 0 Å². The van der Waals surface area contributed by atoms with Crippen LogP contribution in [-0.2, 0) is 38.1 Å². The highest BCUT2D eigenvalue weighted by atomic mass is 16.6. The van der Waals surface area contributed by atoms with Crippen LogP contribution in [0.5, 0.6) is 34.5 Å². The van der Waals surface area contributed by atoms with Crippen LogP contribution in [0, 0.1) is 6.92 Å². The summed E-state index contributed by atoms with van der Waals surface area (Å²) in [6.07, 6.45) is 17.1. The molecule has 0 aromatic heterocycles. The maximum absolute atomic E-state index is 13.5. The minimum Gasteiger partial charge on any atom is -0.490 e. The monoisotopic (exact) mass is 1010 g/mol. The molecule has 0 saturated heterocycles. The van der Waals surface area contributed by atoms with Gasteiger partial charge in [-0.05, 0) is 170 Å². The molecule has 16 heteroatoms. The molecule has 0 radical (unpaired) electrons. The number of carbonyl (C=O) groups excluding carboxylic acids is 6. The van der Waals surface area contributed by atoms with Crippen LogP contribution < -0.4 is 28.4 Å². The molecule has 3 aromatic rings. The minimum atomic E-state index is -0.637. The first kappa shape index (κ1) is 59.9. The molecular weight excluding hydrogens is 941 g/mol. The van der Waals surface area contributed by atoms with E-state index in [1.165, 1.54) is 6.07 Å². The number of hydrogen-bond donors (Lipinski definition) is 0. The third-order valence-corrected chi connectivity index (χ3v) is 10.7. The van der Waals surface area contributed by atoms with Gasteiger partial charge in [0.05, 0.1) is 64.0 Å². The molecule has 0 atom stereocenters. The topological polar surface area (TPSA) is 195 Å². The molecule has 0 bridgehead atoms. The molecule has 396 valence electrons. The Balaban J connectivity index is 1.63. The van der Waals surface area contributed by atoms with Gasteiger partial charge in [-0.25, -0.2) is 28.8 Å². The number of aryl methyl sites for hydroxylation is 1. The third-order valence-electron chi connectivity index (χ3n) is 10.7. The second kappa shape index (κ2) is 36.5. The second-order valence-electron chi connectivity index (χ2n) is 16.6. The summed E-state index contributed by atoms with van der Waals surface area (Å²) in [5.41, 5.74) is 1.00. The van der Waals surface area contributed by atoms with Crippen molar-refractivity contribution in [3.8, 4) is 34.5 Å². The Morgan fingerprint density at radius 1 is 0.356 bits per heavy atom. The van der Waals surface area contributed by atoms with Gasteiger partial charge in [-0.1, -0.05) is 26.3 Å². The molecule has 0 heterocycles. The van der Waals surface area contributed by atoms with Gasteiger partial charge in [0.1, 0.15) is 11.5 Å². The zero-order valence-corrected chi connectivity index (χ0v) is 42.3. The zero-order valence-electron chi connectivity index (χ0n) is 42.3. The fourth-order valence-electron chi connectivity index (χ4n) is 6.74. The lowest BCUT2D eigenvalue weighted by Crippen LogP contribution is -2.12. The van der Waals surface area contributed by atoms with Gasteiger partial charge in [-0.15, -0.1) is 0 Å². The first-order valence-electron chi connectivity index (χ1n) is 25.0. The van der Waals surface area contributed by atoms with E-state index in [9.17, 15) is 28.8 Å². The smallest absolute Gasteiger partial charge is 0.343 e. The summed E-state index contributed by atoms with van der Waals surface area (Å²) in [6.45, 7) is 18.1. The standard InChI is InChI=1S/C57H72O16/c1-6-52(58)68-36-22-14-10-18-32-64-48-29-26-44(41-50(48)66-34-20-12-16-24-38-70-54(60)8-3)56(62)72-46-28-31-47(43(5)40-46)73-57(63)45-27-30-49(65-33-19-11-15-23-37-69-53(59)7-2)51(42-45)67-35-21-13-17-25-39-71-55(61)9-4/h6-9,26-31,40-42H,1-4,10-25,32-39H2,5H3. The van der Waals surface area contributed by atoms with E-state index in [0.717, 1.165) is 101 Å². The Labute approximate surface area is 429 Å². The predicted molar refractivity (Wildman–Crippen MR) is 274 cm³/mol. The summed E-state index contributed by atoms with van der Waals surface area (Å²) in [7, 11) is 0. The molecule has 3 rings (SSSR count). The summed E-state index contributed by atoms with van der Waals surface area (Å²) >= 11 is 0. The maximum atomic E-state index is 13.5. The molecular formula is C57H72O16. The lowest BCUT2D eigenvalue weighted by molar-refractivity contribution is -0.138. The summed E-state index contributed by atoms with van der Waals surface area (Å²) < 4.78 is 56.1. The number of esters is 6. The van der Waals surface area contributed by atoms with E-state index in [1.807, 2.05) is 0 Å². The summed E-state index contributed by atoms with van der Waals surface area (Å²) in [6, 6.07) is 14.4. The molecule has 0 saturated carbocycles. The van der Waals surface area contributed by atoms with E-state index >= 15 is 0 Å². The quantitative estimate of drug-likeness (QED) is 0.0171. The first-order valence-corrected chi connectivity index (χ1v) is 25.0. The van der Waals surface area contributed by atoms with Gasteiger partial charge in [-0.3, -0.25) is 0 Å². The van der Waals surface area contributed by atoms with E-state index in [2.05, 4.69) is 26.3 Å². The van der Waals surface area contributed by atoms with Gasteiger partial charge in [0.2, 0.25) is 0 Å². The van der Waals surface area contributed by atoms with Gasteiger partial charge >= 0.3 is 35.8 Å². The molecule has 73 heavy (non-hydrogen) atoms. The van der Waals surface area contributed by atoms with Crippen LogP contribution in [0.3, 0.4) is 0 Å². The van der Waals surface area contributed by atoms with E-state index in [4.69, 9.17) is 47.4 Å². The van der Waals surface area contributed by atoms with Crippen molar-refractivity contribution in [2.75, 3.05) is 52.9 Å². The van der Waals surface area contributed by atoms with Crippen LogP contribution in [0.2, 0.25) is 0 Å². The lowest BCUT2D eigenvalue weighted by atomic mass is 10.1. The van der Waals surface area contributed by atoms with Gasteiger partial charge in [0.25, 0.3) is 0 Å². The Morgan fingerprint density at radius 3 is 0.986 bits per heavy atom. The fourth-order valence-corrected chi connectivity index (χ4v) is 6.74. The summed E-state index contributed by atoms with van der Waals surface area (Å²) in [4.78, 5) is 72.1. The molecule has 3 aromatic carbocycles. The van der Waals surface area contributed by atoms with Gasteiger partial charge in [-0.2, -0.15) is 0 Å². The lowest BCUT2D eigenvalue weighted by Gasteiger charge is -2.15. The number of benzene rings is 3. The Hall–Kier alpha value is -7.36. The number of hydrogen-bond acceptors (Lipinski definition) is 16. The van der Waals surface area contributed by atoms with Gasteiger partial charge < -0.3 is 47.4 Å². The van der Waals surface area contributed by atoms with Gasteiger partial charge in [0, 0.05) is 24.3 Å². The molecule has 0 aliphatic carbocycles.